The van der Waals surface area contributed by atoms with Crippen molar-refractivity contribution in [2.75, 3.05) is 14.1 Å². The van der Waals surface area contributed by atoms with Crippen molar-refractivity contribution in [1.82, 2.24) is 25.0 Å². The highest BCUT2D eigenvalue weighted by atomic mass is 35.5. The van der Waals surface area contributed by atoms with Gasteiger partial charge in [-0.05, 0) is 29.3 Å². The molecule has 1 aromatic carbocycles. The van der Waals surface area contributed by atoms with E-state index in [2.05, 4.69) is 15.3 Å². The Bertz CT molecular complexity index is 949. The summed E-state index contributed by atoms with van der Waals surface area (Å²) in [5.41, 5.74) is 1.80. The number of carbonyl (C=O) groups excluding carboxylic acids is 2. The SMILES string of the molecule is CN1C(=O)N(Cc2ccc(Cl)cc2)C(=O)C2C1NC(=NCc1cccnc1)N2C. The number of hydrogen-bond acceptors (Lipinski definition) is 4. The second-order valence-electron chi connectivity index (χ2n) is 7.09. The van der Waals surface area contributed by atoms with Gasteiger partial charge in [0.25, 0.3) is 5.91 Å². The van der Waals surface area contributed by atoms with Crippen LogP contribution in [0.2, 0.25) is 5.02 Å². The Morgan fingerprint density at radius 1 is 1.10 bits per heavy atom. The first-order valence-corrected chi connectivity index (χ1v) is 9.59. The molecule has 0 aliphatic carbocycles. The molecule has 2 aliphatic rings. The summed E-state index contributed by atoms with van der Waals surface area (Å²) in [6.07, 6.45) is 2.99. The third-order valence-electron chi connectivity index (χ3n) is 5.18. The van der Waals surface area contributed by atoms with Gasteiger partial charge in [-0.15, -0.1) is 0 Å². The van der Waals surface area contributed by atoms with Crippen molar-refractivity contribution in [2.45, 2.75) is 25.3 Å². The molecular formula is C20H21ClN6O2. The molecule has 1 N–H and O–H groups in total. The number of likely N-dealkylation sites (N-methyl/N-ethyl adjacent to an activating group) is 2. The number of fused-ring (bicyclic) bond motifs is 1. The van der Waals surface area contributed by atoms with Gasteiger partial charge in [0.15, 0.2) is 12.0 Å². The summed E-state index contributed by atoms with van der Waals surface area (Å²) in [6.45, 7) is 0.624. The van der Waals surface area contributed by atoms with Gasteiger partial charge in [0, 0.05) is 31.5 Å². The first kappa shape index (κ1) is 19.2. The molecular weight excluding hydrogens is 392 g/mol. The van der Waals surface area contributed by atoms with E-state index in [4.69, 9.17) is 11.6 Å². The average Bonchev–Trinajstić information content (AvgIpc) is 3.07. The third kappa shape index (κ3) is 3.63. The lowest BCUT2D eigenvalue weighted by Crippen LogP contribution is -2.65. The number of imide groups is 1. The lowest BCUT2D eigenvalue weighted by Gasteiger charge is -2.40. The van der Waals surface area contributed by atoms with Crippen LogP contribution < -0.4 is 5.32 Å². The minimum atomic E-state index is -0.544. The van der Waals surface area contributed by atoms with Crippen LogP contribution in [0.5, 0.6) is 0 Å². The fourth-order valence-corrected chi connectivity index (χ4v) is 3.69. The maximum atomic E-state index is 13.2. The van der Waals surface area contributed by atoms with Crippen LogP contribution in [-0.4, -0.2) is 63.9 Å². The lowest BCUT2D eigenvalue weighted by molar-refractivity contribution is -0.137. The normalized spacial score (nSPS) is 22.9. The molecule has 1 aromatic heterocycles. The first-order chi connectivity index (χ1) is 14.0. The third-order valence-corrected chi connectivity index (χ3v) is 5.44. The van der Waals surface area contributed by atoms with Gasteiger partial charge in [-0.2, -0.15) is 0 Å². The number of rotatable bonds is 4. The van der Waals surface area contributed by atoms with E-state index in [-0.39, 0.29) is 18.5 Å². The Hall–Kier alpha value is -3.13. The monoisotopic (exact) mass is 412 g/mol. The lowest BCUT2D eigenvalue weighted by atomic mass is 10.1. The average molecular weight is 413 g/mol. The molecule has 3 amide bonds. The molecule has 2 fully saturated rings. The van der Waals surface area contributed by atoms with E-state index in [9.17, 15) is 9.59 Å². The molecule has 2 unspecified atom stereocenters. The van der Waals surface area contributed by atoms with Crippen molar-refractivity contribution >= 4 is 29.5 Å². The number of benzene rings is 1. The van der Waals surface area contributed by atoms with Gasteiger partial charge in [-0.25, -0.2) is 9.79 Å². The number of nitrogens with zero attached hydrogens (tertiary/aromatic N) is 5. The Kier molecular flexibility index (Phi) is 5.10. The maximum Gasteiger partial charge on any atom is 0.328 e. The van der Waals surface area contributed by atoms with E-state index >= 15 is 0 Å². The number of hydrogen-bond donors (Lipinski definition) is 1. The predicted octanol–water partition coefficient (Wildman–Crippen LogP) is 1.91. The topological polar surface area (TPSA) is 81.1 Å². The van der Waals surface area contributed by atoms with Crippen molar-refractivity contribution in [3.63, 3.8) is 0 Å². The van der Waals surface area contributed by atoms with Gasteiger partial charge < -0.3 is 15.1 Å². The largest absolute Gasteiger partial charge is 0.334 e. The maximum absolute atomic E-state index is 13.2. The number of urea groups is 1. The van der Waals surface area contributed by atoms with E-state index in [1.165, 1.54) is 4.90 Å². The zero-order chi connectivity index (χ0) is 20.5. The van der Waals surface area contributed by atoms with Crippen LogP contribution in [0.1, 0.15) is 11.1 Å². The van der Waals surface area contributed by atoms with Crippen molar-refractivity contribution in [2.24, 2.45) is 4.99 Å². The highest BCUT2D eigenvalue weighted by molar-refractivity contribution is 6.30. The van der Waals surface area contributed by atoms with E-state index in [1.807, 2.05) is 31.3 Å². The highest BCUT2D eigenvalue weighted by Gasteiger charge is 2.51. The Balaban J connectivity index is 1.55. The molecule has 2 aliphatic heterocycles. The number of amides is 3. The fourth-order valence-electron chi connectivity index (χ4n) is 3.56. The molecule has 8 nitrogen and oxygen atoms in total. The van der Waals surface area contributed by atoms with E-state index in [0.29, 0.717) is 17.5 Å². The number of carbonyl (C=O) groups is 2. The smallest absolute Gasteiger partial charge is 0.328 e. The second kappa shape index (κ2) is 7.71. The molecule has 0 saturated carbocycles. The van der Waals surface area contributed by atoms with E-state index in [1.54, 1.807) is 41.4 Å². The molecule has 2 aromatic rings. The number of pyridine rings is 1. The zero-order valence-corrected chi connectivity index (χ0v) is 16.9. The number of halogens is 1. The van der Waals surface area contributed by atoms with Gasteiger partial charge in [-0.1, -0.05) is 29.8 Å². The molecule has 29 heavy (non-hydrogen) atoms. The van der Waals surface area contributed by atoms with Gasteiger partial charge in [0.05, 0.1) is 13.1 Å². The fraction of sp³-hybridized carbons (Fsp3) is 0.300. The van der Waals surface area contributed by atoms with Crippen molar-refractivity contribution in [3.05, 3.63) is 64.9 Å². The molecule has 9 heteroatoms. The van der Waals surface area contributed by atoms with Gasteiger partial charge in [-0.3, -0.25) is 14.7 Å². The summed E-state index contributed by atoms with van der Waals surface area (Å²) in [5, 5.41) is 3.82. The minimum absolute atomic E-state index is 0.193. The molecule has 2 atom stereocenters. The van der Waals surface area contributed by atoms with Crippen LogP contribution in [0.4, 0.5) is 4.79 Å². The Morgan fingerprint density at radius 3 is 2.55 bits per heavy atom. The van der Waals surface area contributed by atoms with Crippen LogP contribution in [0.25, 0.3) is 0 Å². The van der Waals surface area contributed by atoms with Gasteiger partial charge in [0.1, 0.15) is 6.17 Å². The zero-order valence-electron chi connectivity index (χ0n) is 16.1. The molecule has 2 saturated heterocycles. The molecule has 4 rings (SSSR count). The standard InChI is InChI=1S/C20H21ClN6O2/c1-25-16-17(24-19(25)23-11-14-4-3-9-22-10-14)26(2)20(29)27(18(16)28)12-13-5-7-15(21)8-6-13/h3-10,16-17H,11-12H2,1-2H3,(H,23,24). The summed E-state index contributed by atoms with van der Waals surface area (Å²) in [5.74, 6) is 0.319. The molecule has 3 heterocycles. The Labute approximate surface area is 173 Å². The highest BCUT2D eigenvalue weighted by Crippen LogP contribution is 2.25. The van der Waals surface area contributed by atoms with Crippen LogP contribution in [0.15, 0.2) is 53.8 Å². The van der Waals surface area contributed by atoms with Crippen LogP contribution in [0, 0.1) is 0 Å². The summed E-state index contributed by atoms with van der Waals surface area (Å²) in [6, 6.07) is 10.0. The molecule has 0 spiro atoms. The van der Waals surface area contributed by atoms with E-state index < -0.39 is 12.2 Å². The summed E-state index contributed by atoms with van der Waals surface area (Å²) < 4.78 is 0. The molecule has 0 radical (unpaired) electrons. The number of guanidine groups is 1. The second-order valence-corrected chi connectivity index (χ2v) is 7.53. The molecule has 0 bridgehead atoms. The molecule has 150 valence electrons. The van der Waals surface area contributed by atoms with Gasteiger partial charge >= 0.3 is 6.03 Å². The summed E-state index contributed by atoms with van der Waals surface area (Å²) >= 11 is 5.93. The van der Waals surface area contributed by atoms with Crippen molar-refractivity contribution < 1.29 is 9.59 Å². The quantitative estimate of drug-likeness (QED) is 0.829. The van der Waals surface area contributed by atoms with Crippen LogP contribution in [0.3, 0.4) is 0 Å². The van der Waals surface area contributed by atoms with Crippen LogP contribution in [-0.2, 0) is 17.9 Å². The first-order valence-electron chi connectivity index (χ1n) is 9.21. The van der Waals surface area contributed by atoms with Gasteiger partial charge in [0.2, 0.25) is 0 Å². The van der Waals surface area contributed by atoms with Crippen molar-refractivity contribution in [1.29, 1.82) is 0 Å². The van der Waals surface area contributed by atoms with Crippen LogP contribution >= 0.6 is 11.6 Å². The summed E-state index contributed by atoms with van der Waals surface area (Å²) in [4.78, 5) is 39.3. The number of aliphatic imine (C=N–C) groups is 1. The minimum Gasteiger partial charge on any atom is -0.334 e. The predicted molar refractivity (Wildman–Crippen MR) is 109 cm³/mol. The number of aromatic nitrogens is 1. The van der Waals surface area contributed by atoms with Crippen molar-refractivity contribution in [3.8, 4) is 0 Å². The van der Waals surface area contributed by atoms with E-state index in [0.717, 1.165) is 11.1 Å². The summed E-state index contributed by atoms with van der Waals surface area (Å²) in [7, 11) is 3.49. The number of nitrogens with one attached hydrogen (secondary N) is 1. The Morgan fingerprint density at radius 2 is 1.86 bits per heavy atom.